The molecule has 114 valence electrons. The van der Waals surface area contributed by atoms with Gasteiger partial charge in [-0.15, -0.1) is 0 Å². The summed E-state index contributed by atoms with van der Waals surface area (Å²) in [7, 11) is 1.34. The minimum atomic E-state index is -0.666. The van der Waals surface area contributed by atoms with Crippen LogP contribution in [-0.2, 0) is 20.7 Å². The van der Waals surface area contributed by atoms with Crippen LogP contribution in [0.15, 0.2) is 24.3 Å². The molecular weight excluding hydrogens is 280 g/mol. The molecule has 0 spiro atoms. The lowest BCUT2D eigenvalue weighted by atomic mass is 9.85. The number of nitrogens with zero attached hydrogens (tertiary/aromatic N) is 1. The van der Waals surface area contributed by atoms with Crippen LogP contribution >= 0.6 is 0 Å². The van der Waals surface area contributed by atoms with Crippen molar-refractivity contribution in [1.29, 1.82) is 0 Å². The number of carbonyl (C=O) groups is 2. The van der Waals surface area contributed by atoms with Crippen molar-refractivity contribution in [1.82, 2.24) is 9.88 Å². The molecule has 0 aliphatic carbocycles. The number of hydrogen-bond donors (Lipinski definition) is 1. The smallest absolute Gasteiger partial charge is 0.317 e. The highest BCUT2D eigenvalue weighted by Gasteiger charge is 2.43. The quantitative estimate of drug-likeness (QED) is 0.640. The molecule has 0 radical (unpaired) electrons. The van der Waals surface area contributed by atoms with Gasteiger partial charge in [0.25, 0.3) is 0 Å². The molecule has 22 heavy (non-hydrogen) atoms. The molecule has 2 bridgehead atoms. The zero-order valence-electron chi connectivity index (χ0n) is 12.5. The fourth-order valence-electron chi connectivity index (χ4n) is 3.82. The maximum atomic E-state index is 12.8. The SMILES string of the molecule is COC(=O)C1CN2CCc3c([nH]c4ccccc34)C(C2)C1=O. The molecule has 2 aliphatic rings. The number of ether oxygens (including phenoxy) is 1. The highest BCUT2D eigenvalue weighted by molar-refractivity contribution is 6.04. The molecule has 5 heteroatoms. The van der Waals surface area contributed by atoms with Crippen LogP contribution in [-0.4, -0.2) is 48.4 Å². The number of methoxy groups -OCH3 is 1. The van der Waals surface area contributed by atoms with Crippen LogP contribution in [0.4, 0.5) is 0 Å². The predicted molar refractivity (Wildman–Crippen MR) is 81.7 cm³/mol. The average Bonchev–Trinajstić information content (AvgIpc) is 2.84. The van der Waals surface area contributed by atoms with Gasteiger partial charge >= 0.3 is 5.97 Å². The lowest BCUT2D eigenvalue weighted by Gasteiger charge is -2.33. The van der Waals surface area contributed by atoms with Gasteiger partial charge in [-0.3, -0.25) is 9.59 Å². The number of fused-ring (bicyclic) bond motifs is 6. The van der Waals surface area contributed by atoms with E-state index in [1.807, 2.05) is 18.2 Å². The molecule has 3 atom stereocenters. The summed E-state index contributed by atoms with van der Waals surface area (Å²) in [6.07, 6.45) is 0.900. The number of esters is 1. The maximum Gasteiger partial charge on any atom is 0.317 e. The highest BCUT2D eigenvalue weighted by atomic mass is 16.5. The van der Waals surface area contributed by atoms with Crippen molar-refractivity contribution in [3.8, 4) is 0 Å². The van der Waals surface area contributed by atoms with Crippen molar-refractivity contribution in [3.63, 3.8) is 0 Å². The molecule has 1 fully saturated rings. The Morgan fingerprint density at radius 3 is 2.95 bits per heavy atom. The number of para-hydroxylation sites is 1. The number of nitrogens with one attached hydrogen (secondary N) is 1. The minimum Gasteiger partial charge on any atom is -0.468 e. The van der Waals surface area contributed by atoms with E-state index in [4.69, 9.17) is 4.74 Å². The third kappa shape index (κ3) is 1.89. The van der Waals surface area contributed by atoms with Crippen molar-refractivity contribution < 1.29 is 14.3 Å². The van der Waals surface area contributed by atoms with E-state index in [1.165, 1.54) is 18.1 Å². The van der Waals surface area contributed by atoms with Crippen LogP contribution in [0.2, 0.25) is 0 Å². The van der Waals surface area contributed by atoms with Crippen LogP contribution in [0.3, 0.4) is 0 Å². The average molecular weight is 298 g/mol. The monoisotopic (exact) mass is 298 g/mol. The van der Waals surface area contributed by atoms with Gasteiger partial charge < -0.3 is 14.6 Å². The number of H-pyrrole nitrogens is 1. The molecule has 3 unspecified atom stereocenters. The number of Topliss-reactive ketones (excluding diaryl/α,β-unsaturated/α-hetero) is 1. The maximum absolute atomic E-state index is 12.8. The Morgan fingerprint density at radius 2 is 2.14 bits per heavy atom. The van der Waals surface area contributed by atoms with Crippen LogP contribution in [0, 0.1) is 5.92 Å². The van der Waals surface area contributed by atoms with Crippen LogP contribution in [0.5, 0.6) is 0 Å². The van der Waals surface area contributed by atoms with Gasteiger partial charge in [0.05, 0.1) is 13.0 Å². The fourth-order valence-corrected chi connectivity index (χ4v) is 3.82. The second kappa shape index (κ2) is 4.95. The number of piperidine rings is 1. The first-order valence-corrected chi connectivity index (χ1v) is 7.62. The molecular formula is C17H18N2O3. The fraction of sp³-hybridized carbons (Fsp3) is 0.412. The van der Waals surface area contributed by atoms with Gasteiger partial charge in [0.1, 0.15) is 5.92 Å². The molecule has 2 aromatic rings. The molecule has 1 N–H and O–H groups in total. The van der Waals surface area contributed by atoms with E-state index in [2.05, 4.69) is 16.0 Å². The molecule has 1 aromatic heterocycles. The molecule has 5 nitrogen and oxygen atoms in total. The Hall–Kier alpha value is -2.14. The van der Waals surface area contributed by atoms with E-state index >= 15 is 0 Å². The third-order valence-corrected chi connectivity index (χ3v) is 4.93. The van der Waals surface area contributed by atoms with E-state index in [-0.39, 0.29) is 11.7 Å². The second-order valence-electron chi connectivity index (χ2n) is 6.10. The van der Waals surface area contributed by atoms with Gasteiger partial charge in [-0.05, 0) is 18.1 Å². The number of rotatable bonds is 1. The van der Waals surface area contributed by atoms with Crippen molar-refractivity contribution in [2.45, 2.75) is 12.3 Å². The number of aromatic amines is 1. The van der Waals surface area contributed by atoms with Gasteiger partial charge in [-0.25, -0.2) is 0 Å². The molecule has 2 aliphatic heterocycles. The summed E-state index contributed by atoms with van der Waals surface area (Å²) in [6.45, 7) is 2.03. The molecule has 1 saturated heterocycles. The zero-order valence-corrected chi connectivity index (χ0v) is 12.5. The summed E-state index contributed by atoms with van der Waals surface area (Å²) >= 11 is 0. The summed E-state index contributed by atoms with van der Waals surface area (Å²) < 4.78 is 4.82. The Bertz CT molecular complexity index is 764. The van der Waals surface area contributed by atoms with Gasteiger partial charge in [-0.2, -0.15) is 0 Å². The largest absolute Gasteiger partial charge is 0.468 e. The van der Waals surface area contributed by atoms with Crippen LogP contribution in [0.25, 0.3) is 10.9 Å². The summed E-state index contributed by atoms with van der Waals surface area (Å²) in [5.74, 6) is -1.36. The van der Waals surface area contributed by atoms with Gasteiger partial charge in [0.2, 0.25) is 0 Å². The first-order valence-electron chi connectivity index (χ1n) is 7.62. The third-order valence-electron chi connectivity index (χ3n) is 4.93. The van der Waals surface area contributed by atoms with Gasteiger partial charge in [-0.1, -0.05) is 18.2 Å². The number of ketones is 1. The Kier molecular flexibility index (Phi) is 3.04. The number of aromatic nitrogens is 1. The second-order valence-corrected chi connectivity index (χ2v) is 6.10. The van der Waals surface area contributed by atoms with Crippen LogP contribution < -0.4 is 0 Å². The van der Waals surface area contributed by atoms with E-state index in [1.54, 1.807) is 0 Å². The van der Waals surface area contributed by atoms with Gasteiger partial charge in [0.15, 0.2) is 5.78 Å². The Morgan fingerprint density at radius 1 is 1.32 bits per heavy atom. The van der Waals surface area contributed by atoms with Crippen molar-refractivity contribution in [2.24, 2.45) is 5.92 Å². The Balaban J connectivity index is 1.83. The lowest BCUT2D eigenvalue weighted by molar-refractivity contribution is -0.152. The van der Waals surface area contributed by atoms with Crippen LogP contribution in [0.1, 0.15) is 17.2 Å². The Labute approximate surface area is 128 Å². The van der Waals surface area contributed by atoms with E-state index in [9.17, 15) is 9.59 Å². The summed E-state index contributed by atoms with van der Waals surface area (Å²) in [4.78, 5) is 30.3. The number of hydrogen-bond acceptors (Lipinski definition) is 4. The summed E-state index contributed by atoms with van der Waals surface area (Å²) in [5.41, 5.74) is 3.28. The summed E-state index contributed by atoms with van der Waals surface area (Å²) in [5, 5.41) is 1.19. The normalized spacial score (nSPS) is 27.3. The van der Waals surface area contributed by atoms with Gasteiger partial charge in [0, 0.05) is 36.2 Å². The number of carbonyl (C=O) groups excluding carboxylic acids is 2. The topological polar surface area (TPSA) is 62.4 Å². The van der Waals surface area contributed by atoms with Crippen molar-refractivity contribution >= 4 is 22.7 Å². The number of benzene rings is 1. The summed E-state index contributed by atoms with van der Waals surface area (Å²) in [6, 6.07) is 8.14. The molecule has 3 heterocycles. The molecule has 4 rings (SSSR count). The molecule has 0 amide bonds. The zero-order chi connectivity index (χ0) is 15.3. The molecule has 1 aromatic carbocycles. The molecule has 0 saturated carbocycles. The standard InChI is InChI=1S/C17H18N2O3/c1-22-17(21)13-9-19-7-6-11-10-4-2-3-5-14(10)18-15(11)12(8-19)16(13)20/h2-5,12-13,18H,6-9H2,1H3. The van der Waals surface area contributed by atoms with E-state index < -0.39 is 11.9 Å². The highest BCUT2D eigenvalue weighted by Crippen LogP contribution is 2.36. The minimum absolute atomic E-state index is 0.0159. The first-order chi connectivity index (χ1) is 10.7. The van der Waals surface area contributed by atoms with Crippen molar-refractivity contribution in [3.05, 3.63) is 35.5 Å². The lowest BCUT2D eigenvalue weighted by Crippen LogP contribution is -2.48. The van der Waals surface area contributed by atoms with E-state index in [0.717, 1.165) is 24.2 Å². The first kappa shape index (κ1) is 13.5. The van der Waals surface area contributed by atoms with E-state index in [0.29, 0.717) is 13.1 Å². The predicted octanol–water partition coefficient (Wildman–Crippen LogP) is 1.48. The van der Waals surface area contributed by atoms with Crippen molar-refractivity contribution in [2.75, 3.05) is 26.7 Å².